The number of hydrogen-bond donors (Lipinski definition) is 2. The molecule has 6 nitrogen and oxygen atoms in total. The number of hydrogen-bond acceptors (Lipinski definition) is 4. The van der Waals surface area contributed by atoms with Gasteiger partial charge in [0, 0.05) is 24.7 Å². The summed E-state index contributed by atoms with van der Waals surface area (Å²) in [6.07, 6.45) is -0.0138. The van der Waals surface area contributed by atoms with Crippen molar-refractivity contribution >= 4 is 12.0 Å². The lowest BCUT2D eigenvalue weighted by Crippen LogP contribution is -2.41. The number of likely N-dealkylation sites (N-methyl/N-ethyl adjacent to an activating group) is 1. The van der Waals surface area contributed by atoms with Gasteiger partial charge in [-0.25, -0.2) is 9.18 Å². The maximum Gasteiger partial charge on any atom is 0.407 e. The molecule has 7 heteroatoms. The van der Waals surface area contributed by atoms with Crippen molar-refractivity contribution in [1.29, 1.82) is 0 Å². The third kappa shape index (κ3) is 3.94. The minimum atomic E-state index is -0.509. The highest BCUT2D eigenvalue weighted by molar-refractivity contribution is 5.82. The van der Waals surface area contributed by atoms with Crippen LogP contribution in [0.2, 0.25) is 0 Å². The third-order valence-corrected chi connectivity index (χ3v) is 3.77. The number of nitrogens with one attached hydrogen (secondary N) is 2. The van der Waals surface area contributed by atoms with E-state index in [-0.39, 0.29) is 30.4 Å². The van der Waals surface area contributed by atoms with Crippen molar-refractivity contribution in [3.8, 4) is 0 Å². The quantitative estimate of drug-likeness (QED) is 0.866. The summed E-state index contributed by atoms with van der Waals surface area (Å²) in [6, 6.07) is 5.84. The second-order valence-electron chi connectivity index (χ2n) is 5.33. The fourth-order valence-electron chi connectivity index (χ4n) is 2.58. The maximum absolute atomic E-state index is 13.5. The molecule has 0 spiro atoms. The molecular formula is C15H20FN3O3. The number of likely N-dealkylation sites (tertiary alicyclic amines) is 1. The molecule has 2 amide bonds. The van der Waals surface area contributed by atoms with Gasteiger partial charge in [-0.2, -0.15) is 0 Å². The van der Waals surface area contributed by atoms with Gasteiger partial charge in [0.15, 0.2) is 0 Å². The zero-order valence-electron chi connectivity index (χ0n) is 12.6. The molecule has 0 aromatic heterocycles. The number of halogens is 1. The minimum absolute atomic E-state index is 0.137. The summed E-state index contributed by atoms with van der Waals surface area (Å²) < 4.78 is 18.1. The van der Waals surface area contributed by atoms with E-state index in [1.807, 2.05) is 11.9 Å². The van der Waals surface area contributed by atoms with Gasteiger partial charge in [-0.3, -0.25) is 9.69 Å². The lowest BCUT2D eigenvalue weighted by atomic mass is 10.1. The van der Waals surface area contributed by atoms with E-state index in [9.17, 15) is 14.0 Å². The van der Waals surface area contributed by atoms with Crippen LogP contribution in [-0.4, -0.2) is 49.7 Å². The van der Waals surface area contributed by atoms with Crippen molar-refractivity contribution in [3.63, 3.8) is 0 Å². The fraction of sp³-hybridized carbons (Fsp3) is 0.467. The van der Waals surface area contributed by atoms with Crippen molar-refractivity contribution in [2.45, 2.75) is 25.0 Å². The smallest absolute Gasteiger partial charge is 0.407 e. The lowest BCUT2D eigenvalue weighted by molar-refractivity contribution is -0.125. The van der Waals surface area contributed by atoms with Gasteiger partial charge in [-0.05, 0) is 19.5 Å². The first kappa shape index (κ1) is 16.2. The van der Waals surface area contributed by atoms with Gasteiger partial charge in [0.05, 0.1) is 13.2 Å². The molecule has 0 aliphatic carbocycles. The monoisotopic (exact) mass is 309 g/mol. The van der Waals surface area contributed by atoms with Crippen LogP contribution in [0.15, 0.2) is 24.3 Å². The summed E-state index contributed by atoms with van der Waals surface area (Å²) in [7, 11) is 3.11. The van der Waals surface area contributed by atoms with Crippen LogP contribution in [0.1, 0.15) is 12.0 Å². The Balaban J connectivity index is 1.87. The second kappa shape index (κ2) is 7.22. The van der Waals surface area contributed by atoms with E-state index < -0.39 is 6.09 Å². The summed E-state index contributed by atoms with van der Waals surface area (Å²) >= 11 is 0. The Labute approximate surface area is 128 Å². The largest absolute Gasteiger partial charge is 0.453 e. The van der Waals surface area contributed by atoms with Crippen molar-refractivity contribution in [1.82, 2.24) is 15.5 Å². The summed E-state index contributed by atoms with van der Waals surface area (Å²) in [5.74, 6) is -0.521. The number of benzene rings is 1. The number of alkyl carbamates (subject to hydrolysis) is 1. The summed E-state index contributed by atoms with van der Waals surface area (Å²) in [5, 5.41) is 5.42. The Morgan fingerprint density at radius 1 is 1.41 bits per heavy atom. The van der Waals surface area contributed by atoms with E-state index in [2.05, 4.69) is 15.4 Å². The van der Waals surface area contributed by atoms with Crippen LogP contribution in [0.4, 0.5) is 9.18 Å². The van der Waals surface area contributed by atoms with Crippen LogP contribution < -0.4 is 10.6 Å². The summed E-state index contributed by atoms with van der Waals surface area (Å²) in [4.78, 5) is 25.3. The number of methoxy groups -OCH3 is 1. The average Bonchev–Trinajstić information content (AvgIpc) is 2.86. The Morgan fingerprint density at radius 3 is 2.82 bits per heavy atom. The SMILES string of the molecule is COC(=O)N[C@H]1C[C@@H](C(=O)NCc2ccccc2F)N(C)C1. The minimum Gasteiger partial charge on any atom is -0.453 e. The van der Waals surface area contributed by atoms with Gasteiger partial charge < -0.3 is 15.4 Å². The number of carbonyl (C=O) groups excluding carboxylic acids is 2. The zero-order chi connectivity index (χ0) is 16.1. The van der Waals surface area contributed by atoms with Crippen molar-refractivity contribution in [2.75, 3.05) is 20.7 Å². The van der Waals surface area contributed by atoms with Gasteiger partial charge in [-0.1, -0.05) is 18.2 Å². The first-order chi connectivity index (χ1) is 10.5. The van der Waals surface area contributed by atoms with E-state index in [0.29, 0.717) is 18.5 Å². The van der Waals surface area contributed by atoms with E-state index in [0.717, 1.165) is 0 Å². The number of amides is 2. The molecule has 1 saturated heterocycles. The lowest BCUT2D eigenvalue weighted by Gasteiger charge is -2.18. The molecule has 1 heterocycles. The van der Waals surface area contributed by atoms with Crippen LogP contribution >= 0.6 is 0 Å². The first-order valence-electron chi connectivity index (χ1n) is 7.07. The Kier molecular flexibility index (Phi) is 5.32. The number of rotatable bonds is 4. The van der Waals surface area contributed by atoms with E-state index >= 15 is 0 Å². The van der Waals surface area contributed by atoms with Crippen molar-refractivity contribution in [3.05, 3.63) is 35.6 Å². The van der Waals surface area contributed by atoms with E-state index in [4.69, 9.17) is 0 Å². The fourth-order valence-corrected chi connectivity index (χ4v) is 2.58. The van der Waals surface area contributed by atoms with Gasteiger partial charge >= 0.3 is 6.09 Å². The van der Waals surface area contributed by atoms with Crippen molar-refractivity contribution < 1.29 is 18.7 Å². The van der Waals surface area contributed by atoms with Gasteiger partial charge in [0.2, 0.25) is 5.91 Å². The molecule has 1 aliphatic heterocycles. The van der Waals surface area contributed by atoms with Crippen LogP contribution in [-0.2, 0) is 16.1 Å². The highest BCUT2D eigenvalue weighted by Gasteiger charge is 2.35. The molecule has 0 saturated carbocycles. The maximum atomic E-state index is 13.5. The molecule has 2 atom stereocenters. The molecule has 1 aliphatic rings. The molecule has 0 radical (unpaired) electrons. The zero-order valence-corrected chi connectivity index (χ0v) is 12.6. The molecule has 22 heavy (non-hydrogen) atoms. The Bertz CT molecular complexity index is 553. The van der Waals surface area contributed by atoms with Crippen LogP contribution in [0.25, 0.3) is 0 Å². The standard InChI is InChI=1S/C15H20FN3O3/c1-19-9-11(18-15(21)22-2)7-13(19)14(20)17-8-10-5-3-4-6-12(10)16/h3-6,11,13H,7-9H2,1-2H3,(H,17,20)(H,18,21)/t11-,13-/m0/s1. The normalized spacial score (nSPS) is 21.4. The van der Waals surface area contributed by atoms with E-state index in [1.165, 1.54) is 13.2 Å². The molecule has 120 valence electrons. The Hall–Kier alpha value is -2.15. The van der Waals surface area contributed by atoms with Gasteiger partial charge in [0.1, 0.15) is 5.82 Å². The van der Waals surface area contributed by atoms with Gasteiger partial charge in [0.25, 0.3) is 0 Å². The number of nitrogens with zero attached hydrogens (tertiary/aromatic N) is 1. The van der Waals surface area contributed by atoms with Crippen LogP contribution in [0.5, 0.6) is 0 Å². The first-order valence-corrected chi connectivity index (χ1v) is 7.07. The highest BCUT2D eigenvalue weighted by Crippen LogP contribution is 2.16. The molecule has 2 N–H and O–H groups in total. The second-order valence-corrected chi connectivity index (χ2v) is 5.33. The number of ether oxygens (including phenoxy) is 1. The summed E-state index contributed by atoms with van der Waals surface area (Å²) in [6.45, 7) is 0.706. The molecule has 1 fully saturated rings. The van der Waals surface area contributed by atoms with Crippen LogP contribution in [0, 0.1) is 5.82 Å². The molecular weight excluding hydrogens is 289 g/mol. The molecule has 0 unspecified atom stereocenters. The molecule has 1 aromatic rings. The molecule has 0 bridgehead atoms. The molecule has 1 aromatic carbocycles. The average molecular weight is 309 g/mol. The molecule has 2 rings (SSSR count). The highest BCUT2D eigenvalue weighted by atomic mass is 19.1. The van der Waals surface area contributed by atoms with E-state index in [1.54, 1.807) is 18.2 Å². The Morgan fingerprint density at radius 2 is 2.14 bits per heavy atom. The summed E-state index contributed by atoms with van der Waals surface area (Å²) in [5.41, 5.74) is 0.445. The predicted molar refractivity (Wildman–Crippen MR) is 78.6 cm³/mol. The van der Waals surface area contributed by atoms with Crippen LogP contribution in [0.3, 0.4) is 0 Å². The topological polar surface area (TPSA) is 70.7 Å². The van der Waals surface area contributed by atoms with Crippen molar-refractivity contribution in [2.24, 2.45) is 0 Å². The third-order valence-electron chi connectivity index (χ3n) is 3.77. The van der Waals surface area contributed by atoms with Gasteiger partial charge in [-0.15, -0.1) is 0 Å². The number of carbonyl (C=O) groups is 2. The predicted octanol–water partition coefficient (Wildman–Crippen LogP) is 0.871.